The van der Waals surface area contributed by atoms with Crippen molar-refractivity contribution in [3.05, 3.63) is 57.0 Å². The number of nitrogens with two attached hydrogens (primary N) is 2. The summed E-state index contributed by atoms with van der Waals surface area (Å²) in [7, 11) is 7.14. The Labute approximate surface area is 218 Å². The quantitative estimate of drug-likeness (QED) is 0.265. The number of carboxylic acid groups (broad SMARTS) is 1. The summed E-state index contributed by atoms with van der Waals surface area (Å²) in [6.07, 6.45) is 5.89. The summed E-state index contributed by atoms with van der Waals surface area (Å²) in [4.78, 5) is 40.1. The molecule has 0 radical (unpaired) electrons. The van der Waals surface area contributed by atoms with Crippen LogP contribution in [0.4, 0.5) is 11.6 Å². The first-order valence-electron chi connectivity index (χ1n) is 9.94. The van der Waals surface area contributed by atoms with Crippen LogP contribution in [0.2, 0.25) is 0 Å². The van der Waals surface area contributed by atoms with Gasteiger partial charge >= 0.3 is 5.97 Å². The molecule has 6 N–H and O–H groups in total. The third-order valence-corrected chi connectivity index (χ3v) is 5.57. The van der Waals surface area contributed by atoms with Gasteiger partial charge in [-0.25, -0.2) is 14.8 Å². The second kappa shape index (κ2) is 12.3. The lowest BCUT2D eigenvalue weighted by Crippen LogP contribution is -2.21. The largest absolute Gasteiger partial charge is 0.478 e. The standard InChI is InChI=1S/C11H11BrN4O.C9H6BrN3O2.C2H7N/c1-16(2)11(17)6-3-7-8(12)5-15-10(13)9(7)14-4-6;10-6-3-13-8(11)7-5(6)1-4(2-12-7)9(14)15;1-3-2/h3-5H,1-2H3,(H2,13,15);1-3H,(H2,11,13)(H,14,15);3H,1-2H3. The molecule has 1 amide bonds. The molecule has 0 fully saturated rings. The van der Waals surface area contributed by atoms with Crippen molar-refractivity contribution in [2.24, 2.45) is 0 Å². The van der Waals surface area contributed by atoms with Crippen molar-refractivity contribution in [3.63, 3.8) is 0 Å². The van der Waals surface area contributed by atoms with Crippen LogP contribution in [-0.4, -0.2) is 70.0 Å². The molecule has 4 heterocycles. The minimum Gasteiger partial charge on any atom is -0.478 e. The Morgan fingerprint density at radius 1 is 0.829 bits per heavy atom. The van der Waals surface area contributed by atoms with Gasteiger partial charge in [0.05, 0.1) is 11.1 Å². The summed E-state index contributed by atoms with van der Waals surface area (Å²) in [6, 6.07) is 3.26. The van der Waals surface area contributed by atoms with E-state index in [1.54, 1.807) is 26.4 Å². The molecule has 11 nitrogen and oxygen atoms in total. The normalized spacial score (nSPS) is 10.1. The van der Waals surface area contributed by atoms with Crippen molar-refractivity contribution in [2.45, 2.75) is 0 Å². The number of carbonyl (C=O) groups excluding carboxylic acids is 1. The molecule has 4 rings (SSSR count). The molecule has 13 heteroatoms. The topological polar surface area (TPSA) is 173 Å². The van der Waals surface area contributed by atoms with Crippen molar-refractivity contribution in [2.75, 3.05) is 39.7 Å². The fourth-order valence-electron chi connectivity index (χ4n) is 2.71. The molecule has 4 aromatic heterocycles. The number of anilines is 2. The van der Waals surface area contributed by atoms with E-state index in [-0.39, 0.29) is 17.3 Å². The smallest absolute Gasteiger partial charge is 0.337 e. The highest BCUT2D eigenvalue weighted by Crippen LogP contribution is 2.26. The van der Waals surface area contributed by atoms with E-state index in [0.717, 1.165) is 9.86 Å². The molecule has 0 spiro atoms. The molecule has 0 bridgehead atoms. The van der Waals surface area contributed by atoms with E-state index in [1.165, 1.54) is 29.6 Å². The van der Waals surface area contributed by atoms with Crippen molar-refractivity contribution in [1.29, 1.82) is 0 Å². The van der Waals surface area contributed by atoms with Gasteiger partial charge in [0, 0.05) is 58.6 Å². The molecule has 35 heavy (non-hydrogen) atoms. The third-order valence-electron chi connectivity index (χ3n) is 4.31. The number of halogens is 2. The highest BCUT2D eigenvalue weighted by molar-refractivity contribution is 9.11. The number of pyridine rings is 4. The monoisotopic (exact) mass is 606 g/mol. The molecular formula is C22H24Br2N8O3. The lowest BCUT2D eigenvalue weighted by Gasteiger charge is -2.11. The zero-order valence-corrected chi connectivity index (χ0v) is 22.5. The maximum absolute atomic E-state index is 11.8. The van der Waals surface area contributed by atoms with Gasteiger partial charge in [-0.05, 0) is 58.1 Å². The predicted molar refractivity (Wildman–Crippen MR) is 143 cm³/mol. The molecule has 0 aliphatic heterocycles. The number of carbonyl (C=O) groups is 2. The van der Waals surface area contributed by atoms with Gasteiger partial charge in [-0.15, -0.1) is 0 Å². The molecule has 0 aromatic carbocycles. The van der Waals surface area contributed by atoms with Gasteiger partial charge in [-0.2, -0.15) is 0 Å². The number of fused-ring (bicyclic) bond motifs is 2. The number of nitrogens with one attached hydrogen (secondary N) is 1. The SMILES string of the molecule is CN(C)C(=O)c1cnc2c(N)ncc(Br)c2c1.CNC.Nc1ncc(Br)c2cc(C(=O)O)cnc12. The minimum atomic E-state index is -1.02. The lowest BCUT2D eigenvalue weighted by molar-refractivity contribution is 0.0696. The number of aromatic carboxylic acids is 1. The van der Waals surface area contributed by atoms with E-state index in [9.17, 15) is 9.59 Å². The van der Waals surface area contributed by atoms with Gasteiger partial charge in [0.2, 0.25) is 0 Å². The highest BCUT2D eigenvalue weighted by Gasteiger charge is 2.12. The number of nitrogens with zero attached hydrogens (tertiary/aromatic N) is 5. The summed E-state index contributed by atoms with van der Waals surface area (Å²) in [5, 5.41) is 13.0. The van der Waals surface area contributed by atoms with Gasteiger partial charge in [-0.3, -0.25) is 14.8 Å². The summed E-state index contributed by atoms with van der Waals surface area (Å²) in [5.41, 5.74) is 13.1. The van der Waals surface area contributed by atoms with Crippen LogP contribution in [0.1, 0.15) is 20.7 Å². The van der Waals surface area contributed by atoms with E-state index in [1.807, 2.05) is 14.1 Å². The zero-order valence-electron chi connectivity index (χ0n) is 19.4. The Bertz CT molecular complexity index is 1380. The van der Waals surface area contributed by atoms with Crippen molar-refractivity contribution in [1.82, 2.24) is 30.2 Å². The van der Waals surface area contributed by atoms with Crippen LogP contribution in [0.25, 0.3) is 21.8 Å². The van der Waals surface area contributed by atoms with E-state index >= 15 is 0 Å². The Hall–Kier alpha value is -3.42. The summed E-state index contributed by atoms with van der Waals surface area (Å²) < 4.78 is 1.44. The maximum atomic E-state index is 11.8. The van der Waals surface area contributed by atoms with Crippen LogP contribution in [0.3, 0.4) is 0 Å². The zero-order chi connectivity index (χ0) is 26.3. The Morgan fingerprint density at radius 3 is 1.63 bits per heavy atom. The van der Waals surface area contributed by atoms with Crippen LogP contribution in [-0.2, 0) is 0 Å². The van der Waals surface area contributed by atoms with Crippen LogP contribution in [0.15, 0.2) is 45.9 Å². The van der Waals surface area contributed by atoms with E-state index in [0.29, 0.717) is 32.3 Å². The first kappa shape index (κ1) is 27.8. The van der Waals surface area contributed by atoms with Gasteiger partial charge < -0.3 is 26.8 Å². The second-order valence-corrected chi connectivity index (χ2v) is 8.94. The Morgan fingerprint density at radius 2 is 1.23 bits per heavy atom. The molecule has 0 unspecified atom stereocenters. The van der Waals surface area contributed by atoms with Crippen LogP contribution in [0, 0.1) is 0 Å². The third kappa shape index (κ3) is 6.81. The van der Waals surface area contributed by atoms with Crippen molar-refractivity contribution >= 4 is 77.2 Å². The highest BCUT2D eigenvalue weighted by atomic mass is 79.9. The van der Waals surface area contributed by atoms with Gasteiger partial charge in [0.25, 0.3) is 5.91 Å². The second-order valence-electron chi connectivity index (χ2n) is 7.23. The molecule has 0 aliphatic carbocycles. The Kier molecular flexibility index (Phi) is 9.80. The number of carboxylic acids is 1. The number of nitrogen functional groups attached to an aromatic ring is 2. The fraction of sp³-hybridized carbons (Fsp3) is 0.182. The van der Waals surface area contributed by atoms with Crippen molar-refractivity contribution in [3.8, 4) is 0 Å². The number of hydrogen-bond acceptors (Lipinski definition) is 9. The molecule has 0 saturated carbocycles. The van der Waals surface area contributed by atoms with E-state index < -0.39 is 5.97 Å². The molecule has 0 atom stereocenters. The van der Waals surface area contributed by atoms with E-state index in [2.05, 4.69) is 57.1 Å². The molecule has 4 aromatic rings. The molecular weight excluding hydrogens is 584 g/mol. The van der Waals surface area contributed by atoms with Crippen LogP contribution < -0.4 is 16.8 Å². The first-order chi connectivity index (χ1) is 16.5. The average Bonchev–Trinajstić information content (AvgIpc) is 2.84. The first-order valence-corrected chi connectivity index (χ1v) is 11.5. The minimum absolute atomic E-state index is 0.0957. The van der Waals surface area contributed by atoms with Crippen LogP contribution in [0.5, 0.6) is 0 Å². The summed E-state index contributed by atoms with van der Waals surface area (Å²) >= 11 is 6.63. The van der Waals surface area contributed by atoms with Crippen LogP contribution >= 0.6 is 31.9 Å². The fourth-order valence-corrected chi connectivity index (χ4v) is 3.52. The van der Waals surface area contributed by atoms with Gasteiger partial charge in [0.1, 0.15) is 22.7 Å². The van der Waals surface area contributed by atoms with Gasteiger partial charge in [0.15, 0.2) is 0 Å². The van der Waals surface area contributed by atoms with Gasteiger partial charge in [-0.1, -0.05) is 0 Å². The molecule has 0 saturated heterocycles. The maximum Gasteiger partial charge on any atom is 0.337 e. The molecule has 0 aliphatic rings. The van der Waals surface area contributed by atoms with E-state index in [4.69, 9.17) is 16.6 Å². The number of amides is 1. The lowest BCUT2D eigenvalue weighted by atomic mass is 10.2. The number of rotatable bonds is 2. The van der Waals surface area contributed by atoms with Crippen molar-refractivity contribution < 1.29 is 14.7 Å². The Balaban J connectivity index is 0.000000223. The summed E-state index contributed by atoms with van der Waals surface area (Å²) in [5.74, 6) is -0.481. The summed E-state index contributed by atoms with van der Waals surface area (Å²) in [6.45, 7) is 0. The number of aromatic nitrogens is 4. The predicted octanol–water partition coefficient (Wildman–Crippen LogP) is 3.18. The average molecular weight is 608 g/mol. The molecule has 184 valence electrons. The number of hydrogen-bond donors (Lipinski definition) is 4.